The normalized spacial score (nSPS) is 10.6. The highest BCUT2D eigenvalue weighted by atomic mass is 16.5. The maximum Gasteiger partial charge on any atom is 0.251 e. The van der Waals surface area contributed by atoms with Gasteiger partial charge in [-0.2, -0.15) is 10.1 Å². The monoisotopic (exact) mass is 419 g/mol. The van der Waals surface area contributed by atoms with Crippen LogP contribution in [0.15, 0.2) is 65.3 Å². The first-order chi connectivity index (χ1) is 15.1. The molecule has 9 nitrogen and oxygen atoms in total. The molecular weight excluding hydrogens is 398 g/mol. The van der Waals surface area contributed by atoms with E-state index < -0.39 is 0 Å². The molecule has 0 radical (unpaired) electrons. The third-order valence-electron chi connectivity index (χ3n) is 4.47. The van der Waals surface area contributed by atoms with Crippen molar-refractivity contribution in [1.29, 1.82) is 0 Å². The molecule has 2 aromatic heterocycles. The number of hydrogen-bond acceptors (Lipinski definition) is 7. The van der Waals surface area contributed by atoms with E-state index in [0.717, 1.165) is 17.1 Å². The van der Waals surface area contributed by atoms with Crippen LogP contribution in [0, 0.1) is 6.92 Å². The Labute approximate surface area is 178 Å². The minimum Gasteiger partial charge on any atom is -0.497 e. The number of rotatable bonds is 8. The third kappa shape index (κ3) is 5.08. The molecule has 0 saturated carbocycles. The predicted octanol–water partition coefficient (Wildman–Crippen LogP) is 3.08. The van der Waals surface area contributed by atoms with Gasteiger partial charge in [-0.05, 0) is 54.6 Å². The standard InChI is InChI=1S/C22H21N5O4/c1-15-24-21(26-31-15)14-30-20-7-3-16(4-8-20)22(28)23-13-17-11-12-27(25-17)18-5-9-19(29-2)10-6-18/h3-12H,13-14H2,1-2H3,(H,23,28). The summed E-state index contributed by atoms with van der Waals surface area (Å²) in [6, 6.07) is 16.3. The number of nitrogens with one attached hydrogen (secondary N) is 1. The van der Waals surface area contributed by atoms with E-state index in [1.165, 1.54) is 0 Å². The fourth-order valence-electron chi connectivity index (χ4n) is 2.86. The van der Waals surface area contributed by atoms with Crippen molar-refractivity contribution in [2.24, 2.45) is 0 Å². The van der Waals surface area contributed by atoms with Crippen LogP contribution in [0.3, 0.4) is 0 Å². The van der Waals surface area contributed by atoms with Gasteiger partial charge in [-0.3, -0.25) is 4.79 Å². The van der Waals surface area contributed by atoms with Gasteiger partial charge in [0.2, 0.25) is 11.7 Å². The minimum atomic E-state index is -0.195. The molecule has 0 aliphatic rings. The van der Waals surface area contributed by atoms with Gasteiger partial charge in [-0.1, -0.05) is 5.16 Å². The van der Waals surface area contributed by atoms with Gasteiger partial charge in [-0.25, -0.2) is 4.68 Å². The van der Waals surface area contributed by atoms with E-state index in [0.29, 0.717) is 29.6 Å². The number of hydrogen-bond donors (Lipinski definition) is 1. The zero-order valence-electron chi connectivity index (χ0n) is 17.1. The highest BCUT2D eigenvalue weighted by molar-refractivity contribution is 5.94. The summed E-state index contributed by atoms with van der Waals surface area (Å²) >= 11 is 0. The average Bonchev–Trinajstić information content (AvgIpc) is 3.45. The summed E-state index contributed by atoms with van der Waals surface area (Å²) in [5.74, 6) is 2.15. The van der Waals surface area contributed by atoms with Gasteiger partial charge in [0, 0.05) is 18.7 Å². The first-order valence-corrected chi connectivity index (χ1v) is 9.60. The second-order valence-corrected chi connectivity index (χ2v) is 6.68. The molecule has 0 atom stereocenters. The maximum absolute atomic E-state index is 12.4. The van der Waals surface area contributed by atoms with Crippen molar-refractivity contribution in [3.8, 4) is 17.2 Å². The van der Waals surface area contributed by atoms with Crippen molar-refractivity contribution in [3.63, 3.8) is 0 Å². The van der Waals surface area contributed by atoms with Gasteiger partial charge >= 0.3 is 0 Å². The van der Waals surface area contributed by atoms with Crippen LogP contribution < -0.4 is 14.8 Å². The third-order valence-corrected chi connectivity index (χ3v) is 4.47. The average molecular weight is 419 g/mol. The van der Waals surface area contributed by atoms with E-state index in [1.54, 1.807) is 43.0 Å². The fraction of sp³-hybridized carbons (Fsp3) is 0.182. The zero-order valence-corrected chi connectivity index (χ0v) is 17.1. The Bertz CT molecular complexity index is 1150. The molecule has 2 aromatic carbocycles. The molecule has 1 amide bonds. The molecule has 4 aromatic rings. The van der Waals surface area contributed by atoms with E-state index in [2.05, 4.69) is 20.6 Å². The Morgan fingerprint density at radius 2 is 1.81 bits per heavy atom. The van der Waals surface area contributed by atoms with Crippen molar-refractivity contribution in [1.82, 2.24) is 25.2 Å². The summed E-state index contributed by atoms with van der Waals surface area (Å²) in [5.41, 5.74) is 2.18. The molecule has 1 N–H and O–H groups in total. The Hall–Kier alpha value is -4.14. The number of carbonyl (C=O) groups is 1. The Balaban J connectivity index is 1.29. The lowest BCUT2D eigenvalue weighted by Gasteiger charge is -2.06. The SMILES string of the molecule is COc1ccc(-n2ccc(CNC(=O)c3ccc(OCc4noc(C)n4)cc3)n2)cc1. The van der Waals surface area contributed by atoms with Gasteiger partial charge in [0.25, 0.3) is 5.91 Å². The number of methoxy groups -OCH3 is 1. The summed E-state index contributed by atoms with van der Waals surface area (Å²) < 4.78 is 17.4. The second kappa shape index (κ2) is 9.12. The summed E-state index contributed by atoms with van der Waals surface area (Å²) in [7, 11) is 1.63. The lowest BCUT2D eigenvalue weighted by atomic mass is 10.2. The smallest absolute Gasteiger partial charge is 0.251 e. The van der Waals surface area contributed by atoms with Crippen LogP contribution in [0.25, 0.3) is 5.69 Å². The predicted molar refractivity (Wildman–Crippen MR) is 111 cm³/mol. The quantitative estimate of drug-likeness (QED) is 0.468. The lowest BCUT2D eigenvalue weighted by molar-refractivity contribution is 0.0950. The van der Waals surface area contributed by atoms with Crippen LogP contribution in [-0.2, 0) is 13.2 Å². The molecule has 9 heteroatoms. The van der Waals surface area contributed by atoms with Gasteiger partial charge in [0.05, 0.1) is 25.0 Å². The zero-order chi connectivity index (χ0) is 21.6. The first kappa shape index (κ1) is 20.1. The van der Waals surface area contributed by atoms with E-state index in [-0.39, 0.29) is 12.5 Å². The van der Waals surface area contributed by atoms with E-state index in [9.17, 15) is 4.79 Å². The molecular formula is C22H21N5O4. The molecule has 2 heterocycles. The summed E-state index contributed by atoms with van der Waals surface area (Å²) in [5, 5.41) is 11.1. The largest absolute Gasteiger partial charge is 0.497 e. The van der Waals surface area contributed by atoms with E-state index in [1.807, 2.05) is 36.5 Å². The van der Waals surface area contributed by atoms with Crippen LogP contribution in [0.4, 0.5) is 0 Å². The highest BCUT2D eigenvalue weighted by Crippen LogP contribution is 2.15. The Morgan fingerprint density at radius 3 is 2.48 bits per heavy atom. The Morgan fingerprint density at radius 1 is 1.06 bits per heavy atom. The second-order valence-electron chi connectivity index (χ2n) is 6.68. The molecule has 0 aliphatic heterocycles. The number of aryl methyl sites for hydroxylation is 1. The molecule has 0 unspecified atom stereocenters. The van der Waals surface area contributed by atoms with E-state index in [4.69, 9.17) is 14.0 Å². The Kier molecular flexibility index (Phi) is 5.93. The summed E-state index contributed by atoms with van der Waals surface area (Å²) in [6.07, 6.45) is 1.85. The minimum absolute atomic E-state index is 0.194. The molecule has 0 aliphatic carbocycles. The van der Waals surface area contributed by atoms with Crippen LogP contribution in [0.1, 0.15) is 27.8 Å². The summed E-state index contributed by atoms with van der Waals surface area (Å²) in [4.78, 5) is 16.5. The number of ether oxygens (including phenoxy) is 2. The highest BCUT2D eigenvalue weighted by Gasteiger charge is 2.09. The number of nitrogens with zero attached hydrogens (tertiary/aromatic N) is 4. The van der Waals surface area contributed by atoms with Crippen molar-refractivity contribution >= 4 is 5.91 Å². The van der Waals surface area contributed by atoms with Gasteiger partial charge in [0.1, 0.15) is 11.5 Å². The maximum atomic E-state index is 12.4. The van der Waals surface area contributed by atoms with Crippen LogP contribution in [0.5, 0.6) is 11.5 Å². The number of carbonyl (C=O) groups excluding carboxylic acids is 1. The topological polar surface area (TPSA) is 104 Å². The summed E-state index contributed by atoms with van der Waals surface area (Å²) in [6.45, 7) is 2.23. The van der Waals surface area contributed by atoms with Crippen molar-refractivity contribution in [3.05, 3.63) is 83.8 Å². The van der Waals surface area contributed by atoms with Crippen LogP contribution in [-0.4, -0.2) is 32.9 Å². The molecule has 4 rings (SSSR count). The van der Waals surface area contributed by atoms with Crippen molar-refractivity contribution < 1.29 is 18.8 Å². The van der Waals surface area contributed by atoms with Gasteiger partial charge in [-0.15, -0.1) is 0 Å². The lowest BCUT2D eigenvalue weighted by Crippen LogP contribution is -2.23. The molecule has 0 spiro atoms. The molecule has 158 valence electrons. The van der Waals surface area contributed by atoms with Gasteiger partial charge < -0.3 is 19.3 Å². The number of amides is 1. The molecule has 0 fully saturated rings. The van der Waals surface area contributed by atoms with E-state index >= 15 is 0 Å². The van der Waals surface area contributed by atoms with Crippen molar-refractivity contribution in [2.45, 2.75) is 20.1 Å². The molecule has 0 saturated heterocycles. The van der Waals surface area contributed by atoms with Crippen LogP contribution in [0.2, 0.25) is 0 Å². The molecule has 31 heavy (non-hydrogen) atoms. The number of benzene rings is 2. The van der Waals surface area contributed by atoms with Crippen molar-refractivity contribution in [2.75, 3.05) is 7.11 Å². The fourth-order valence-corrected chi connectivity index (χ4v) is 2.86. The van der Waals surface area contributed by atoms with Crippen LogP contribution >= 0.6 is 0 Å². The first-order valence-electron chi connectivity index (χ1n) is 9.60. The van der Waals surface area contributed by atoms with Gasteiger partial charge in [0.15, 0.2) is 6.61 Å². The number of aromatic nitrogens is 4. The molecule has 0 bridgehead atoms.